The number of carbonyl (C=O) groups is 2. The molecule has 0 unspecified atom stereocenters. The number of hydrogen-bond acceptors (Lipinski definition) is 5. The smallest absolute Gasteiger partial charge is 0.339 e. The number of amides is 2. The molecule has 0 aliphatic carbocycles. The first-order chi connectivity index (χ1) is 14.3. The lowest BCUT2D eigenvalue weighted by atomic mass is 10.2. The molecule has 2 aliphatic heterocycles. The van der Waals surface area contributed by atoms with E-state index < -0.39 is 15.8 Å². The molecule has 3 rings (SSSR count). The molecule has 1 aromatic rings. The van der Waals surface area contributed by atoms with Crippen LogP contribution in [0.5, 0.6) is 0 Å². The second kappa shape index (κ2) is 9.78. The third kappa shape index (κ3) is 5.13. The van der Waals surface area contributed by atoms with Gasteiger partial charge in [0.15, 0.2) is 9.84 Å². The topological polar surface area (TPSA) is 98.2 Å². The average Bonchev–Trinajstić information content (AvgIpc) is 3.33. The van der Waals surface area contributed by atoms with Gasteiger partial charge < -0.3 is 5.11 Å². The monoisotopic (exact) mass is 437 g/mol. The van der Waals surface area contributed by atoms with E-state index in [0.717, 1.165) is 37.7 Å². The zero-order chi connectivity index (χ0) is 21.7. The van der Waals surface area contributed by atoms with Crippen molar-refractivity contribution in [2.24, 2.45) is 0 Å². The highest BCUT2D eigenvalue weighted by Gasteiger charge is 2.35. The third-order valence-corrected chi connectivity index (χ3v) is 7.52. The number of carboxylic acids is 1. The molecule has 0 atom stereocenters. The molecule has 1 fully saturated rings. The predicted molar refractivity (Wildman–Crippen MR) is 114 cm³/mol. The minimum absolute atomic E-state index is 0.149. The van der Waals surface area contributed by atoms with Crippen molar-refractivity contribution in [3.05, 3.63) is 23.8 Å². The summed E-state index contributed by atoms with van der Waals surface area (Å²) in [5.74, 6) is -0.822. The fourth-order valence-corrected chi connectivity index (χ4v) is 5.54. The second-order valence-corrected chi connectivity index (χ2v) is 10.1. The van der Waals surface area contributed by atoms with Gasteiger partial charge in [-0.15, -0.1) is 0 Å². The normalized spacial score (nSPS) is 16.8. The van der Waals surface area contributed by atoms with Crippen molar-refractivity contribution >= 4 is 27.5 Å². The van der Waals surface area contributed by atoms with E-state index in [4.69, 9.17) is 5.11 Å². The highest BCUT2D eigenvalue weighted by atomic mass is 32.2. The summed E-state index contributed by atoms with van der Waals surface area (Å²) in [6.07, 6.45) is 6.22. The van der Waals surface area contributed by atoms with Crippen molar-refractivity contribution in [3.63, 3.8) is 0 Å². The number of rotatable bonds is 9. The Morgan fingerprint density at radius 3 is 2.57 bits per heavy atom. The van der Waals surface area contributed by atoms with Gasteiger partial charge in [-0.25, -0.2) is 18.2 Å². The summed E-state index contributed by atoms with van der Waals surface area (Å²) in [6, 6.07) is 4.74. The first-order valence-electron chi connectivity index (χ1n) is 10.7. The van der Waals surface area contributed by atoms with Crippen molar-refractivity contribution in [2.75, 3.05) is 36.8 Å². The molecular weight excluding hydrogens is 406 g/mol. The molecule has 2 heterocycles. The number of nitrogens with zero attached hydrogens (tertiary/aromatic N) is 3. The summed E-state index contributed by atoms with van der Waals surface area (Å²) in [5.41, 5.74) is 1.56. The standard InChI is InChI=1S/C21H31N3O5S/c1-2-3-4-5-6-14-30(28,29)18-8-9-19-17(15-18)10-13-23(19)21(27)24-12-7-11-22(24)16-20(25)26/h8-9,15H,2-7,10-14,16H2,1H3,(H,25,26). The molecule has 1 N–H and O–H groups in total. The van der Waals surface area contributed by atoms with Crippen LogP contribution >= 0.6 is 0 Å². The predicted octanol–water partition coefficient (Wildman–Crippen LogP) is 2.92. The molecule has 2 aliphatic rings. The van der Waals surface area contributed by atoms with Gasteiger partial charge in [0, 0.05) is 25.3 Å². The fraction of sp³-hybridized carbons (Fsp3) is 0.619. The minimum atomic E-state index is -3.33. The Kier molecular flexibility index (Phi) is 7.36. The van der Waals surface area contributed by atoms with E-state index in [1.165, 1.54) is 5.01 Å². The summed E-state index contributed by atoms with van der Waals surface area (Å²) >= 11 is 0. The van der Waals surface area contributed by atoms with Crippen LogP contribution in [0.1, 0.15) is 51.0 Å². The lowest BCUT2D eigenvalue weighted by molar-refractivity contribution is -0.140. The molecule has 2 amide bonds. The molecule has 0 aromatic heterocycles. The molecule has 0 radical (unpaired) electrons. The van der Waals surface area contributed by atoms with Gasteiger partial charge in [-0.3, -0.25) is 14.7 Å². The zero-order valence-corrected chi connectivity index (χ0v) is 18.4. The van der Waals surface area contributed by atoms with Crippen LogP contribution in [0.3, 0.4) is 0 Å². The molecule has 8 nitrogen and oxygen atoms in total. The summed E-state index contributed by atoms with van der Waals surface area (Å²) in [7, 11) is -3.33. The number of sulfone groups is 1. The average molecular weight is 438 g/mol. The highest BCUT2D eigenvalue weighted by Crippen LogP contribution is 2.32. The maximum atomic E-state index is 13.0. The van der Waals surface area contributed by atoms with E-state index in [-0.39, 0.29) is 18.3 Å². The van der Waals surface area contributed by atoms with Gasteiger partial charge in [0.05, 0.1) is 10.6 Å². The van der Waals surface area contributed by atoms with E-state index in [2.05, 4.69) is 6.92 Å². The number of carbonyl (C=O) groups excluding carboxylic acids is 1. The van der Waals surface area contributed by atoms with Crippen LogP contribution in [0.15, 0.2) is 23.1 Å². The number of benzene rings is 1. The number of fused-ring (bicyclic) bond motifs is 1. The summed E-state index contributed by atoms with van der Waals surface area (Å²) in [6.45, 7) is 3.41. The molecule has 1 aromatic carbocycles. The Balaban J connectivity index is 1.68. The molecule has 1 saturated heterocycles. The van der Waals surface area contributed by atoms with Crippen LogP contribution in [0, 0.1) is 0 Å². The van der Waals surface area contributed by atoms with Crippen LogP contribution in [0.4, 0.5) is 10.5 Å². The van der Waals surface area contributed by atoms with Crippen molar-refractivity contribution in [2.45, 2.75) is 56.8 Å². The quantitative estimate of drug-likeness (QED) is 0.597. The van der Waals surface area contributed by atoms with Crippen molar-refractivity contribution in [1.82, 2.24) is 10.0 Å². The van der Waals surface area contributed by atoms with Crippen LogP contribution in [-0.2, 0) is 21.1 Å². The molecule has 166 valence electrons. The largest absolute Gasteiger partial charge is 0.480 e. The number of unbranched alkanes of at least 4 members (excludes halogenated alkanes) is 4. The van der Waals surface area contributed by atoms with Gasteiger partial charge in [0.25, 0.3) is 0 Å². The first-order valence-corrected chi connectivity index (χ1v) is 12.4. The van der Waals surface area contributed by atoms with E-state index in [0.29, 0.717) is 43.1 Å². The third-order valence-electron chi connectivity index (χ3n) is 5.72. The van der Waals surface area contributed by atoms with E-state index in [1.807, 2.05) is 0 Å². The van der Waals surface area contributed by atoms with Gasteiger partial charge in [-0.2, -0.15) is 0 Å². The Morgan fingerprint density at radius 2 is 1.83 bits per heavy atom. The molecule has 30 heavy (non-hydrogen) atoms. The summed E-state index contributed by atoms with van der Waals surface area (Å²) in [5, 5.41) is 12.1. The van der Waals surface area contributed by atoms with Crippen LogP contribution in [0.2, 0.25) is 0 Å². The Morgan fingerprint density at radius 1 is 1.07 bits per heavy atom. The number of aliphatic carboxylic acids is 1. The SMILES string of the molecule is CCCCCCCS(=O)(=O)c1ccc2c(c1)CCN2C(=O)N1CCCN1CC(=O)O. The number of hydrogen-bond donors (Lipinski definition) is 1. The van der Waals surface area contributed by atoms with Gasteiger partial charge >= 0.3 is 12.0 Å². The Labute approximate surface area is 178 Å². The number of hydrazine groups is 1. The maximum Gasteiger partial charge on any atom is 0.339 e. The lowest BCUT2D eigenvalue weighted by Gasteiger charge is -2.30. The summed E-state index contributed by atoms with van der Waals surface area (Å²) in [4.78, 5) is 26.0. The van der Waals surface area contributed by atoms with E-state index in [9.17, 15) is 18.0 Å². The second-order valence-electron chi connectivity index (χ2n) is 7.97. The molecule has 0 spiro atoms. The van der Waals surface area contributed by atoms with Gasteiger partial charge in [0.2, 0.25) is 0 Å². The van der Waals surface area contributed by atoms with E-state index >= 15 is 0 Å². The number of carboxylic acid groups (broad SMARTS) is 1. The van der Waals surface area contributed by atoms with Crippen LogP contribution < -0.4 is 4.90 Å². The Bertz CT molecular complexity index is 887. The molecule has 0 saturated carbocycles. The van der Waals surface area contributed by atoms with Crippen molar-refractivity contribution in [1.29, 1.82) is 0 Å². The van der Waals surface area contributed by atoms with Crippen molar-refractivity contribution < 1.29 is 23.1 Å². The maximum absolute atomic E-state index is 13.0. The molecular formula is C21H31N3O5S. The fourth-order valence-electron chi connectivity index (χ4n) is 4.13. The van der Waals surface area contributed by atoms with Crippen LogP contribution in [-0.4, -0.2) is 67.5 Å². The first kappa shape index (κ1) is 22.6. The zero-order valence-electron chi connectivity index (χ0n) is 17.5. The van der Waals surface area contributed by atoms with Crippen molar-refractivity contribution in [3.8, 4) is 0 Å². The van der Waals surface area contributed by atoms with E-state index in [1.54, 1.807) is 28.1 Å². The number of urea groups is 1. The van der Waals surface area contributed by atoms with Crippen LogP contribution in [0.25, 0.3) is 0 Å². The lowest BCUT2D eigenvalue weighted by Crippen LogP contribution is -2.49. The molecule has 0 bridgehead atoms. The summed E-state index contributed by atoms with van der Waals surface area (Å²) < 4.78 is 25.4. The highest BCUT2D eigenvalue weighted by molar-refractivity contribution is 7.91. The number of anilines is 1. The van der Waals surface area contributed by atoms with Gasteiger partial charge in [-0.05, 0) is 43.0 Å². The molecule has 9 heteroatoms. The van der Waals surface area contributed by atoms with Gasteiger partial charge in [0.1, 0.15) is 6.54 Å². The van der Waals surface area contributed by atoms with Gasteiger partial charge in [-0.1, -0.05) is 32.6 Å². The Hall–Kier alpha value is -2.13. The minimum Gasteiger partial charge on any atom is -0.480 e.